The maximum atomic E-state index is 10.6. The van der Waals surface area contributed by atoms with Gasteiger partial charge in [0.05, 0.1) is 13.7 Å². The van der Waals surface area contributed by atoms with Crippen molar-refractivity contribution in [3.05, 3.63) is 23.8 Å². The largest absolute Gasteiger partial charge is 0.493 e. The van der Waals surface area contributed by atoms with E-state index in [0.29, 0.717) is 23.8 Å². The van der Waals surface area contributed by atoms with Crippen LogP contribution in [0.1, 0.15) is 37.3 Å². The highest BCUT2D eigenvalue weighted by Crippen LogP contribution is 2.34. The molecule has 5 nitrogen and oxygen atoms in total. The predicted octanol–water partition coefficient (Wildman–Crippen LogP) is 2.35. The van der Waals surface area contributed by atoms with Crippen LogP contribution in [0, 0.1) is 5.92 Å². The first-order chi connectivity index (χ1) is 9.60. The van der Waals surface area contributed by atoms with Crippen molar-refractivity contribution in [2.45, 2.75) is 31.7 Å². The zero-order valence-electron chi connectivity index (χ0n) is 11.7. The summed E-state index contributed by atoms with van der Waals surface area (Å²) in [5.41, 5.74) is 6.85. The number of hydrogen-bond donors (Lipinski definition) is 2. The maximum Gasteiger partial charge on any atom is 0.303 e. The molecular weight excluding hydrogens is 258 g/mol. The van der Waals surface area contributed by atoms with Gasteiger partial charge in [-0.05, 0) is 42.9 Å². The fraction of sp³-hybridized carbons (Fsp3) is 0.533. The van der Waals surface area contributed by atoms with Gasteiger partial charge in [-0.3, -0.25) is 4.79 Å². The molecule has 0 aromatic heterocycles. The first kappa shape index (κ1) is 14.7. The van der Waals surface area contributed by atoms with Crippen LogP contribution in [0.5, 0.6) is 11.5 Å². The molecule has 5 heteroatoms. The number of aliphatic carboxylic acids is 1. The Kier molecular flexibility index (Phi) is 4.84. The highest BCUT2D eigenvalue weighted by atomic mass is 16.5. The highest BCUT2D eigenvalue weighted by Gasteiger charge is 2.22. The van der Waals surface area contributed by atoms with E-state index in [1.807, 2.05) is 18.2 Å². The minimum Gasteiger partial charge on any atom is -0.493 e. The van der Waals surface area contributed by atoms with E-state index in [1.54, 1.807) is 7.11 Å². The normalized spacial score (nSPS) is 15.7. The van der Waals surface area contributed by atoms with E-state index < -0.39 is 5.97 Å². The zero-order valence-corrected chi connectivity index (χ0v) is 11.7. The molecule has 1 aromatic carbocycles. The van der Waals surface area contributed by atoms with Gasteiger partial charge in [0.2, 0.25) is 0 Å². The van der Waals surface area contributed by atoms with Crippen LogP contribution >= 0.6 is 0 Å². The van der Waals surface area contributed by atoms with Crippen molar-refractivity contribution in [1.82, 2.24) is 0 Å². The second kappa shape index (κ2) is 6.61. The number of carbonyl (C=O) groups is 1. The van der Waals surface area contributed by atoms with Crippen LogP contribution in [0.4, 0.5) is 0 Å². The average molecular weight is 279 g/mol. The Balaban J connectivity index is 2.00. The van der Waals surface area contributed by atoms with Crippen LogP contribution in [0.3, 0.4) is 0 Å². The van der Waals surface area contributed by atoms with Gasteiger partial charge in [-0.15, -0.1) is 0 Å². The summed E-state index contributed by atoms with van der Waals surface area (Å²) in [6.07, 6.45) is 2.94. The smallest absolute Gasteiger partial charge is 0.303 e. The SMILES string of the molecule is COc1cc(C(N)CCC(=O)O)ccc1OCC1CC1. The number of methoxy groups -OCH3 is 1. The molecule has 1 fully saturated rings. The third kappa shape index (κ3) is 4.13. The molecule has 1 aliphatic carbocycles. The van der Waals surface area contributed by atoms with Crippen molar-refractivity contribution >= 4 is 5.97 Å². The van der Waals surface area contributed by atoms with E-state index in [-0.39, 0.29) is 12.5 Å². The topological polar surface area (TPSA) is 81.8 Å². The van der Waals surface area contributed by atoms with Crippen molar-refractivity contribution in [2.75, 3.05) is 13.7 Å². The lowest BCUT2D eigenvalue weighted by atomic mass is 10.0. The first-order valence-corrected chi connectivity index (χ1v) is 6.88. The monoisotopic (exact) mass is 279 g/mol. The summed E-state index contributed by atoms with van der Waals surface area (Å²) in [6, 6.07) is 5.24. The predicted molar refractivity (Wildman–Crippen MR) is 75.0 cm³/mol. The molecule has 0 spiro atoms. The molecule has 0 amide bonds. The van der Waals surface area contributed by atoms with Crippen molar-refractivity contribution < 1.29 is 19.4 Å². The molecular formula is C15H21NO4. The maximum absolute atomic E-state index is 10.6. The highest BCUT2D eigenvalue weighted by molar-refractivity contribution is 5.66. The second-order valence-corrected chi connectivity index (χ2v) is 5.20. The van der Waals surface area contributed by atoms with E-state index in [4.69, 9.17) is 20.3 Å². The van der Waals surface area contributed by atoms with Crippen molar-refractivity contribution in [1.29, 1.82) is 0 Å². The van der Waals surface area contributed by atoms with E-state index >= 15 is 0 Å². The van der Waals surface area contributed by atoms with Crippen LogP contribution in [0.15, 0.2) is 18.2 Å². The Morgan fingerprint density at radius 2 is 2.20 bits per heavy atom. The Labute approximate surface area is 118 Å². The van der Waals surface area contributed by atoms with Gasteiger partial charge in [-0.1, -0.05) is 6.07 Å². The lowest BCUT2D eigenvalue weighted by Gasteiger charge is -2.15. The summed E-state index contributed by atoms with van der Waals surface area (Å²) in [5.74, 6) is 1.21. The minimum absolute atomic E-state index is 0.0589. The molecule has 1 aromatic rings. The van der Waals surface area contributed by atoms with E-state index in [2.05, 4.69) is 0 Å². The Morgan fingerprint density at radius 1 is 1.45 bits per heavy atom. The standard InChI is InChI=1S/C15H21NO4/c1-19-14-8-11(12(16)5-7-15(17)18)4-6-13(14)20-9-10-2-3-10/h4,6,8,10,12H,2-3,5,7,9,16H2,1H3,(H,17,18). The van der Waals surface area contributed by atoms with Crippen LogP contribution < -0.4 is 15.2 Å². The van der Waals surface area contributed by atoms with Crippen LogP contribution in [0.2, 0.25) is 0 Å². The molecule has 1 atom stereocenters. The quantitative estimate of drug-likeness (QED) is 0.763. The number of ether oxygens (including phenoxy) is 2. The number of hydrogen-bond acceptors (Lipinski definition) is 4. The molecule has 110 valence electrons. The van der Waals surface area contributed by atoms with E-state index in [9.17, 15) is 4.79 Å². The van der Waals surface area contributed by atoms with Gasteiger partial charge in [0.1, 0.15) is 0 Å². The summed E-state index contributed by atoms with van der Waals surface area (Å²) >= 11 is 0. The van der Waals surface area contributed by atoms with Crippen molar-refractivity contribution in [3.8, 4) is 11.5 Å². The summed E-state index contributed by atoms with van der Waals surface area (Å²) in [5, 5.41) is 8.68. The number of carboxylic acids is 1. The van der Waals surface area contributed by atoms with Gasteiger partial charge >= 0.3 is 5.97 Å². The molecule has 1 unspecified atom stereocenters. The first-order valence-electron chi connectivity index (χ1n) is 6.88. The van der Waals surface area contributed by atoms with Crippen LogP contribution in [-0.4, -0.2) is 24.8 Å². The number of rotatable bonds is 8. The Bertz CT molecular complexity index is 471. The number of carboxylic acid groups (broad SMARTS) is 1. The molecule has 0 bridgehead atoms. The third-order valence-electron chi connectivity index (χ3n) is 3.46. The Morgan fingerprint density at radius 3 is 2.80 bits per heavy atom. The van der Waals surface area contributed by atoms with Gasteiger partial charge in [-0.25, -0.2) is 0 Å². The van der Waals surface area contributed by atoms with Gasteiger partial charge in [0.15, 0.2) is 11.5 Å². The van der Waals surface area contributed by atoms with Crippen LogP contribution in [-0.2, 0) is 4.79 Å². The molecule has 0 heterocycles. The lowest BCUT2D eigenvalue weighted by Crippen LogP contribution is -2.12. The second-order valence-electron chi connectivity index (χ2n) is 5.20. The molecule has 20 heavy (non-hydrogen) atoms. The van der Waals surface area contributed by atoms with Crippen molar-refractivity contribution in [3.63, 3.8) is 0 Å². The minimum atomic E-state index is -0.836. The summed E-state index contributed by atoms with van der Waals surface area (Å²) < 4.78 is 11.0. The summed E-state index contributed by atoms with van der Waals surface area (Å²) in [4.78, 5) is 10.6. The zero-order chi connectivity index (χ0) is 14.5. The van der Waals surface area contributed by atoms with Gasteiger partial charge in [0.25, 0.3) is 0 Å². The summed E-state index contributed by atoms with van der Waals surface area (Å²) in [6.45, 7) is 0.723. The van der Waals surface area contributed by atoms with Gasteiger partial charge in [-0.2, -0.15) is 0 Å². The van der Waals surface area contributed by atoms with Gasteiger partial charge in [0, 0.05) is 12.5 Å². The molecule has 1 saturated carbocycles. The molecule has 0 saturated heterocycles. The fourth-order valence-corrected chi connectivity index (χ4v) is 1.97. The van der Waals surface area contributed by atoms with E-state index in [1.165, 1.54) is 12.8 Å². The lowest BCUT2D eigenvalue weighted by molar-refractivity contribution is -0.137. The summed E-state index contributed by atoms with van der Waals surface area (Å²) in [7, 11) is 1.59. The number of benzene rings is 1. The van der Waals surface area contributed by atoms with Gasteiger partial charge < -0.3 is 20.3 Å². The molecule has 3 N–H and O–H groups in total. The Hall–Kier alpha value is -1.75. The molecule has 1 aliphatic rings. The molecule has 2 rings (SSSR count). The molecule has 0 radical (unpaired) electrons. The van der Waals surface area contributed by atoms with Crippen LogP contribution in [0.25, 0.3) is 0 Å². The number of nitrogens with two attached hydrogens (primary N) is 1. The fourth-order valence-electron chi connectivity index (χ4n) is 1.97. The van der Waals surface area contributed by atoms with E-state index in [0.717, 1.165) is 12.2 Å². The molecule has 0 aliphatic heterocycles. The van der Waals surface area contributed by atoms with Crippen molar-refractivity contribution in [2.24, 2.45) is 11.7 Å². The average Bonchev–Trinajstić information content (AvgIpc) is 3.26. The third-order valence-corrected chi connectivity index (χ3v) is 3.46.